The smallest absolute Gasteiger partial charge is 0.384 e. The highest BCUT2D eigenvalue weighted by Gasteiger charge is 2.49. The number of unbranched alkanes of at least 4 members (excludes halogenated alkanes) is 3. The van der Waals surface area contributed by atoms with Crippen LogP contribution in [0.15, 0.2) is 0 Å². The van der Waals surface area contributed by atoms with E-state index in [0.717, 1.165) is 19.3 Å². The fourth-order valence-electron chi connectivity index (χ4n) is 2.07. The van der Waals surface area contributed by atoms with Gasteiger partial charge in [0.2, 0.25) is 0 Å². The third kappa shape index (κ3) is 11.4. The average Bonchev–Trinajstić information content (AvgIpc) is 2.69. The first-order valence-corrected chi connectivity index (χ1v) is 16.2. The maximum atomic E-state index is 12.9. The Morgan fingerprint density at radius 3 is 1.00 bits per heavy atom. The van der Waals surface area contributed by atoms with Crippen LogP contribution in [0.1, 0.15) is 59.3 Å². The Kier molecular flexibility index (Phi) is 15.4. The van der Waals surface area contributed by atoms with Crippen molar-refractivity contribution in [3.05, 3.63) is 0 Å². The molecular weight excluding hydrogens is 444 g/mol. The molecule has 0 rings (SSSR count). The minimum atomic E-state index is -3.56. The molecule has 3 atom stereocenters. The van der Waals surface area contributed by atoms with Gasteiger partial charge in [-0.15, -0.1) is 0 Å². The molecule has 0 amide bonds. The molecular formula is C15H36AlO9P3. The predicted molar refractivity (Wildman–Crippen MR) is 112 cm³/mol. The first kappa shape index (κ1) is 29.0. The van der Waals surface area contributed by atoms with E-state index in [1.807, 2.05) is 20.8 Å². The number of hydrogen-bond donors (Lipinski definition) is 0. The summed E-state index contributed by atoms with van der Waals surface area (Å²) in [6.45, 7) is 5.82. The van der Waals surface area contributed by atoms with Crippen LogP contribution < -0.4 is 0 Å². The molecule has 28 heavy (non-hydrogen) atoms. The zero-order valence-electron chi connectivity index (χ0n) is 18.0. The Hall–Kier alpha value is 0.982. The second kappa shape index (κ2) is 14.9. The van der Waals surface area contributed by atoms with E-state index in [0.29, 0.717) is 19.3 Å². The van der Waals surface area contributed by atoms with Crippen molar-refractivity contribution >= 4 is 37.9 Å². The highest BCUT2D eigenvalue weighted by Crippen LogP contribution is 2.57. The van der Waals surface area contributed by atoms with E-state index in [4.69, 9.17) is 24.3 Å². The van der Waals surface area contributed by atoms with Crippen molar-refractivity contribution < 1.29 is 38.0 Å². The third-order valence-corrected chi connectivity index (χ3v) is 14.1. The van der Waals surface area contributed by atoms with Crippen LogP contribution in [0.2, 0.25) is 0 Å². The van der Waals surface area contributed by atoms with Gasteiger partial charge in [-0.05, 0) is 19.3 Å². The van der Waals surface area contributed by atoms with E-state index in [-0.39, 0.29) is 18.5 Å². The zero-order valence-corrected chi connectivity index (χ0v) is 21.8. The summed E-state index contributed by atoms with van der Waals surface area (Å²) in [7, 11) is -6.88. The summed E-state index contributed by atoms with van der Waals surface area (Å²) < 4.78 is 70.6. The monoisotopic (exact) mass is 480 g/mol. The van der Waals surface area contributed by atoms with Crippen LogP contribution in [0.5, 0.6) is 0 Å². The predicted octanol–water partition coefficient (Wildman–Crippen LogP) is 5.94. The summed E-state index contributed by atoms with van der Waals surface area (Å²) in [4.78, 5) is 0. The molecule has 13 heteroatoms. The topological polar surface area (TPSA) is 107 Å². The molecule has 0 aromatic heterocycles. The number of hydrogen-bond acceptors (Lipinski definition) is 9. The summed E-state index contributed by atoms with van der Waals surface area (Å²) in [6.07, 6.45) is 4.59. The summed E-state index contributed by atoms with van der Waals surface area (Å²) in [5.41, 5.74) is 0. The Morgan fingerprint density at radius 2 is 0.821 bits per heavy atom. The van der Waals surface area contributed by atoms with Crippen molar-refractivity contribution in [1.29, 1.82) is 0 Å². The van der Waals surface area contributed by atoms with Gasteiger partial charge in [0.15, 0.2) is 0 Å². The maximum Gasteiger partial charge on any atom is 0.926 e. The quantitative estimate of drug-likeness (QED) is 0.174. The molecule has 0 fully saturated rings. The van der Waals surface area contributed by atoms with Crippen molar-refractivity contribution in [3.8, 4) is 0 Å². The van der Waals surface area contributed by atoms with E-state index < -0.39 is 37.9 Å². The van der Waals surface area contributed by atoms with Gasteiger partial charge >= 0.3 is 37.9 Å². The van der Waals surface area contributed by atoms with Gasteiger partial charge in [-0.1, -0.05) is 40.0 Å². The lowest BCUT2D eigenvalue weighted by Crippen LogP contribution is -2.26. The lowest BCUT2D eigenvalue weighted by molar-refractivity contribution is 0.218. The minimum absolute atomic E-state index is 0.148. The molecule has 0 aromatic carbocycles. The van der Waals surface area contributed by atoms with Crippen LogP contribution in [-0.2, 0) is 38.0 Å². The summed E-state index contributed by atoms with van der Waals surface area (Å²) >= 11 is -3.45. The molecule has 0 aliphatic rings. The highest BCUT2D eigenvalue weighted by molar-refractivity contribution is 7.58. The minimum Gasteiger partial charge on any atom is -0.384 e. The van der Waals surface area contributed by atoms with Gasteiger partial charge in [-0.2, -0.15) is 0 Å². The summed E-state index contributed by atoms with van der Waals surface area (Å²) in [5, 5.41) is 0. The third-order valence-electron chi connectivity index (χ3n) is 3.93. The fourth-order valence-corrected chi connectivity index (χ4v) is 11.7. The van der Waals surface area contributed by atoms with Crippen LogP contribution in [0.3, 0.4) is 0 Å². The van der Waals surface area contributed by atoms with Gasteiger partial charge in [0.25, 0.3) is 0 Å². The number of rotatable bonds is 18. The maximum absolute atomic E-state index is 12.9. The second-order valence-corrected chi connectivity index (χ2v) is 15.4. The molecule has 0 saturated heterocycles. The van der Waals surface area contributed by atoms with Gasteiger partial charge in [-0.25, -0.2) is 0 Å². The Bertz CT molecular complexity index is 485. The zero-order chi connectivity index (χ0) is 21.7. The van der Waals surface area contributed by atoms with E-state index in [9.17, 15) is 13.7 Å². The standard InChI is InChI=1S/3C5H13O3P.Al/c3*1-3-4-5-9(6,7)8-2;/h3*3-5H2,1-2H3,(H,6,7);/q;;;+3/p-3. The average molecular weight is 480 g/mol. The Morgan fingerprint density at radius 1 is 0.571 bits per heavy atom. The van der Waals surface area contributed by atoms with Crippen molar-refractivity contribution in [1.82, 2.24) is 0 Å². The first-order chi connectivity index (χ1) is 13.1. The van der Waals surface area contributed by atoms with Gasteiger partial charge in [0.1, 0.15) is 0 Å². The van der Waals surface area contributed by atoms with E-state index >= 15 is 0 Å². The van der Waals surface area contributed by atoms with Crippen molar-refractivity contribution in [2.24, 2.45) is 0 Å². The molecule has 0 spiro atoms. The van der Waals surface area contributed by atoms with Crippen LogP contribution in [0, 0.1) is 0 Å². The molecule has 0 heterocycles. The molecule has 3 unspecified atom stereocenters. The summed E-state index contributed by atoms with van der Waals surface area (Å²) in [6, 6.07) is 0. The molecule has 0 saturated carbocycles. The lowest BCUT2D eigenvalue weighted by atomic mass is 10.4. The van der Waals surface area contributed by atoms with Crippen LogP contribution in [0.25, 0.3) is 0 Å². The van der Waals surface area contributed by atoms with Crippen molar-refractivity contribution in [3.63, 3.8) is 0 Å². The molecule has 0 bridgehead atoms. The van der Waals surface area contributed by atoms with Gasteiger partial charge in [-0.3, -0.25) is 13.7 Å². The largest absolute Gasteiger partial charge is 0.926 e. The van der Waals surface area contributed by atoms with Crippen LogP contribution >= 0.6 is 22.8 Å². The first-order valence-electron chi connectivity index (χ1n) is 9.65. The van der Waals surface area contributed by atoms with E-state index in [2.05, 4.69) is 0 Å². The molecule has 0 aromatic rings. The molecule has 9 nitrogen and oxygen atoms in total. The van der Waals surface area contributed by atoms with Crippen molar-refractivity contribution in [2.75, 3.05) is 39.8 Å². The Labute approximate surface area is 175 Å². The van der Waals surface area contributed by atoms with Crippen molar-refractivity contribution in [2.45, 2.75) is 59.3 Å². The van der Waals surface area contributed by atoms with Crippen LogP contribution in [0.4, 0.5) is 0 Å². The van der Waals surface area contributed by atoms with E-state index in [1.54, 1.807) is 0 Å². The van der Waals surface area contributed by atoms with Gasteiger partial charge in [0.05, 0.1) is 0 Å². The molecule has 168 valence electrons. The summed E-state index contributed by atoms with van der Waals surface area (Å²) in [5.74, 6) is 0. The van der Waals surface area contributed by atoms with Gasteiger partial charge in [0, 0.05) is 39.8 Å². The van der Waals surface area contributed by atoms with Crippen LogP contribution in [-0.4, -0.2) is 55.0 Å². The molecule has 0 aliphatic heterocycles. The Balaban J connectivity index is 5.59. The molecule has 0 radical (unpaired) electrons. The fraction of sp³-hybridized carbons (Fsp3) is 1.00. The lowest BCUT2D eigenvalue weighted by Gasteiger charge is -2.26. The SMILES string of the molecule is CCCCP(=O)(OC)[O][Al]([O]P(=O)(CCCC)OC)[O]P(=O)(CCCC)OC. The molecule has 0 aliphatic carbocycles. The van der Waals surface area contributed by atoms with E-state index in [1.165, 1.54) is 21.3 Å². The second-order valence-electron chi connectivity index (χ2n) is 6.22. The normalized spacial score (nSPS) is 18.2. The van der Waals surface area contributed by atoms with Gasteiger partial charge < -0.3 is 24.3 Å². The highest BCUT2D eigenvalue weighted by atomic mass is 31.2. The molecule has 0 N–H and O–H groups in total.